The quantitative estimate of drug-likeness (QED) is 0.363. The Labute approximate surface area is 268 Å². The number of ether oxygens (including phenoxy) is 2. The predicted molar refractivity (Wildman–Crippen MR) is 168 cm³/mol. The molecule has 1 fully saturated rings. The molecule has 10 nitrogen and oxygen atoms in total. The molecule has 0 bridgehead atoms. The number of aliphatic carboxylic acids is 1. The molecule has 240 valence electrons. The molecule has 2 aliphatic heterocycles. The van der Waals surface area contributed by atoms with Crippen LogP contribution in [-0.4, -0.2) is 57.1 Å². The first-order valence-electron chi connectivity index (χ1n) is 15.4. The maximum absolute atomic E-state index is 14.2. The second-order valence-corrected chi connectivity index (χ2v) is 13.5. The second kappa shape index (κ2) is 13.1. The van der Waals surface area contributed by atoms with Gasteiger partial charge in [0.15, 0.2) is 0 Å². The number of carboxylic acids is 1. The lowest BCUT2D eigenvalue weighted by molar-refractivity contribution is -0.147. The molecule has 3 N–H and O–H groups in total. The Balaban J connectivity index is 1.47. The lowest BCUT2D eigenvalue weighted by Crippen LogP contribution is -2.60. The molecule has 2 aromatic rings. The van der Waals surface area contributed by atoms with Gasteiger partial charge in [-0.25, -0.2) is 9.59 Å². The number of rotatable bonds is 4. The Bertz CT molecular complexity index is 1500. The minimum Gasteiger partial charge on any atom is -0.479 e. The van der Waals surface area contributed by atoms with Crippen molar-refractivity contribution in [2.24, 2.45) is 5.92 Å². The molecule has 0 unspecified atom stereocenters. The molecule has 0 spiro atoms. The van der Waals surface area contributed by atoms with E-state index in [0.717, 1.165) is 30.4 Å². The average molecular weight is 638 g/mol. The van der Waals surface area contributed by atoms with E-state index in [1.165, 1.54) is 4.90 Å². The largest absolute Gasteiger partial charge is 0.479 e. The normalized spacial score (nSPS) is 25.3. The van der Waals surface area contributed by atoms with E-state index in [4.69, 9.17) is 21.1 Å². The van der Waals surface area contributed by atoms with Crippen LogP contribution in [0, 0.1) is 5.92 Å². The Hall–Kier alpha value is -4.05. The molecule has 5 rings (SSSR count). The van der Waals surface area contributed by atoms with Crippen LogP contribution in [0.25, 0.3) is 0 Å². The van der Waals surface area contributed by atoms with E-state index in [1.54, 1.807) is 51.1 Å². The van der Waals surface area contributed by atoms with Crippen molar-refractivity contribution in [1.82, 2.24) is 15.5 Å². The van der Waals surface area contributed by atoms with Gasteiger partial charge in [0.05, 0.1) is 0 Å². The number of hydrogen-bond donors (Lipinski definition) is 3. The van der Waals surface area contributed by atoms with E-state index in [9.17, 15) is 24.3 Å². The van der Waals surface area contributed by atoms with Crippen molar-refractivity contribution in [3.63, 3.8) is 0 Å². The van der Waals surface area contributed by atoms with Gasteiger partial charge in [-0.2, -0.15) is 0 Å². The molecule has 2 aromatic carbocycles. The van der Waals surface area contributed by atoms with Gasteiger partial charge in [-0.3, -0.25) is 9.59 Å². The molecule has 45 heavy (non-hydrogen) atoms. The molecule has 4 atom stereocenters. The summed E-state index contributed by atoms with van der Waals surface area (Å²) in [4.78, 5) is 54.9. The minimum absolute atomic E-state index is 0.0968. The van der Waals surface area contributed by atoms with E-state index in [1.807, 2.05) is 24.3 Å². The summed E-state index contributed by atoms with van der Waals surface area (Å²) >= 11 is 6.12. The van der Waals surface area contributed by atoms with Crippen LogP contribution >= 0.6 is 11.6 Å². The summed E-state index contributed by atoms with van der Waals surface area (Å²) in [6.45, 7) is 5.33. The summed E-state index contributed by atoms with van der Waals surface area (Å²) in [6, 6.07) is 10.5. The zero-order chi connectivity index (χ0) is 32.4. The van der Waals surface area contributed by atoms with Crippen LogP contribution in [-0.2, 0) is 32.1 Å². The molecule has 3 amide bonds. The zero-order valence-corrected chi connectivity index (χ0v) is 26.6. The maximum Gasteiger partial charge on any atom is 0.408 e. The third-order valence-electron chi connectivity index (χ3n) is 8.39. The molecular formula is C34H40ClN3O7. The lowest BCUT2D eigenvalue weighted by Gasteiger charge is -2.38. The van der Waals surface area contributed by atoms with Crippen LogP contribution in [0.3, 0.4) is 0 Å². The number of benzene rings is 2. The van der Waals surface area contributed by atoms with E-state index in [-0.39, 0.29) is 25.3 Å². The Morgan fingerprint density at radius 2 is 1.84 bits per heavy atom. The van der Waals surface area contributed by atoms with Gasteiger partial charge in [0, 0.05) is 23.9 Å². The smallest absolute Gasteiger partial charge is 0.408 e. The van der Waals surface area contributed by atoms with Crippen LogP contribution in [0.5, 0.6) is 11.5 Å². The number of fused-ring (bicyclic) bond motifs is 3. The van der Waals surface area contributed by atoms with Gasteiger partial charge < -0.3 is 30.1 Å². The number of alkyl carbamates (subject to hydrolysis) is 1. The van der Waals surface area contributed by atoms with Gasteiger partial charge in [0.25, 0.3) is 0 Å². The highest BCUT2D eigenvalue weighted by molar-refractivity contribution is 6.30. The van der Waals surface area contributed by atoms with Gasteiger partial charge in [-0.15, -0.1) is 0 Å². The van der Waals surface area contributed by atoms with Crippen molar-refractivity contribution in [2.75, 3.05) is 0 Å². The van der Waals surface area contributed by atoms with Crippen molar-refractivity contribution >= 4 is 35.5 Å². The van der Waals surface area contributed by atoms with Gasteiger partial charge >= 0.3 is 12.1 Å². The van der Waals surface area contributed by atoms with Gasteiger partial charge in [-0.1, -0.05) is 48.7 Å². The molecule has 2 heterocycles. The molecule has 1 aliphatic carbocycles. The summed E-state index contributed by atoms with van der Waals surface area (Å²) in [5.41, 5.74) is -0.568. The number of hydrogen-bond acceptors (Lipinski definition) is 6. The first-order chi connectivity index (χ1) is 21.3. The molecule has 0 radical (unpaired) electrons. The number of amides is 3. The highest BCUT2D eigenvalue weighted by Gasteiger charge is 2.61. The van der Waals surface area contributed by atoms with E-state index < -0.39 is 47.1 Å². The summed E-state index contributed by atoms with van der Waals surface area (Å²) < 4.78 is 11.5. The van der Waals surface area contributed by atoms with Crippen molar-refractivity contribution in [3.05, 3.63) is 70.8 Å². The SMILES string of the molecule is CC(C)(C)OC(=O)N[C@H]1CCCCCC=C[C@@H]2C[C@@]2(C(=O)O)NC(=O)[C@@H]2Cc3cc(Oc4cccc(Cl)c4)ccc3CN2C1=O. The number of carbonyl (C=O) groups excluding carboxylic acids is 3. The van der Waals surface area contributed by atoms with Crippen molar-refractivity contribution in [1.29, 1.82) is 0 Å². The average Bonchev–Trinajstić information content (AvgIpc) is 3.67. The predicted octanol–water partition coefficient (Wildman–Crippen LogP) is 5.76. The lowest BCUT2D eigenvalue weighted by atomic mass is 9.91. The molecule has 0 aromatic heterocycles. The molecular weight excluding hydrogens is 598 g/mol. The highest BCUT2D eigenvalue weighted by atomic mass is 35.5. The molecule has 3 aliphatic rings. The van der Waals surface area contributed by atoms with Crippen LogP contribution in [0.1, 0.15) is 70.4 Å². The molecule has 1 saturated carbocycles. The fraction of sp³-hybridized carbons (Fsp3) is 0.471. The number of halogens is 1. The number of nitrogens with zero attached hydrogens (tertiary/aromatic N) is 1. The van der Waals surface area contributed by atoms with Gasteiger partial charge in [0.1, 0.15) is 34.7 Å². The number of carboxylic acid groups (broad SMARTS) is 1. The Morgan fingerprint density at radius 3 is 2.58 bits per heavy atom. The van der Waals surface area contributed by atoms with Crippen LogP contribution in [0.15, 0.2) is 54.6 Å². The fourth-order valence-electron chi connectivity index (χ4n) is 5.98. The summed E-state index contributed by atoms with van der Waals surface area (Å²) in [7, 11) is 0. The first kappa shape index (κ1) is 32.3. The van der Waals surface area contributed by atoms with Crippen molar-refractivity contribution in [3.8, 4) is 11.5 Å². The van der Waals surface area contributed by atoms with Crippen LogP contribution in [0.2, 0.25) is 5.02 Å². The number of allylic oxidation sites excluding steroid dienone is 1. The number of nitrogens with one attached hydrogen (secondary N) is 2. The van der Waals surface area contributed by atoms with E-state index >= 15 is 0 Å². The van der Waals surface area contributed by atoms with Crippen LogP contribution < -0.4 is 15.4 Å². The summed E-state index contributed by atoms with van der Waals surface area (Å²) in [5.74, 6) is -1.33. The van der Waals surface area contributed by atoms with Crippen LogP contribution in [0.4, 0.5) is 4.79 Å². The Morgan fingerprint density at radius 1 is 1.07 bits per heavy atom. The van der Waals surface area contributed by atoms with Crippen molar-refractivity contribution < 1.29 is 33.8 Å². The first-order valence-corrected chi connectivity index (χ1v) is 15.8. The zero-order valence-electron chi connectivity index (χ0n) is 25.8. The monoisotopic (exact) mass is 637 g/mol. The van der Waals surface area contributed by atoms with Gasteiger partial charge in [-0.05, 0) is 87.9 Å². The van der Waals surface area contributed by atoms with Crippen molar-refractivity contribution in [2.45, 2.75) is 95.5 Å². The third kappa shape index (κ3) is 7.79. The van der Waals surface area contributed by atoms with Gasteiger partial charge in [0.2, 0.25) is 11.8 Å². The minimum atomic E-state index is -1.42. The maximum atomic E-state index is 14.2. The fourth-order valence-corrected chi connectivity index (χ4v) is 6.16. The highest BCUT2D eigenvalue weighted by Crippen LogP contribution is 2.45. The summed E-state index contributed by atoms with van der Waals surface area (Å²) in [6.07, 6.45) is 7.00. The second-order valence-electron chi connectivity index (χ2n) is 13.0. The topological polar surface area (TPSA) is 134 Å². The van der Waals surface area contributed by atoms with E-state index in [0.29, 0.717) is 29.4 Å². The standard InChI is InChI=1S/C34H40ClN3O7/c1-33(2,3)45-32(43)36-27-13-8-6-4-5-7-10-23-19-34(23,31(41)42)37-29(39)28-17-22-16-26(44-25-12-9-11-24(35)18-25)15-14-21(22)20-38(28)30(27)40/h7,9-12,14-16,18,23,27-28H,4-6,8,13,17,19-20H2,1-3H3,(H,36,43)(H,37,39)(H,41,42)/t23-,27+,28+,34-/m1/s1. The third-order valence-corrected chi connectivity index (χ3v) is 8.62. The van der Waals surface area contributed by atoms with E-state index in [2.05, 4.69) is 10.6 Å². The Kier molecular flexibility index (Phi) is 9.44. The number of carbonyl (C=O) groups is 4. The molecule has 11 heteroatoms. The molecule has 0 saturated heterocycles. The summed E-state index contributed by atoms with van der Waals surface area (Å²) in [5, 5.41) is 16.2.